The molecule has 142 valence electrons. The zero-order valence-electron chi connectivity index (χ0n) is 15.9. The summed E-state index contributed by atoms with van der Waals surface area (Å²) in [5.41, 5.74) is 4.20. The predicted molar refractivity (Wildman–Crippen MR) is 103 cm³/mol. The second-order valence-corrected chi connectivity index (χ2v) is 7.37. The molecule has 0 spiro atoms. The van der Waals surface area contributed by atoms with Gasteiger partial charge in [-0.15, -0.1) is 0 Å². The minimum absolute atomic E-state index is 0.0250. The maximum absolute atomic E-state index is 12.7. The van der Waals surface area contributed by atoms with E-state index in [-0.39, 0.29) is 11.9 Å². The van der Waals surface area contributed by atoms with Gasteiger partial charge in [-0.1, -0.05) is 6.07 Å². The highest BCUT2D eigenvalue weighted by Crippen LogP contribution is 2.25. The van der Waals surface area contributed by atoms with Crippen molar-refractivity contribution in [3.8, 4) is 0 Å². The van der Waals surface area contributed by atoms with Gasteiger partial charge in [-0.25, -0.2) is 4.79 Å². The summed E-state index contributed by atoms with van der Waals surface area (Å²) in [6, 6.07) is 7.86. The summed E-state index contributed by atoms with van der Waals surface area (Å²) in [5, 5.41) is 3.00. The number of rotatable bonds is 2. The van der Waals surface area contributed by atoms with Gasteiger partial charge in [-0.2, -0.15) is 0 Å². The van der Waals surface area contributed by atoms with Crippen LogP contribution >= 0.6 is 0 Å². The van der Waals surface area contributed by atoms with Crippen LogP contribution in [0.1, 0.15) is 39.4 Å². The van der Waals surface area contributed by atoms with Crippen LogP contribution < -0.4 is 5.32 Å². The molecule has 6 nitrogen and oxygen atoms in total. The van der Waals surface area contributed by atoms with Crippen LogP contribution in [0.2, 0.25) is 0 Å². The number of benzene rings is 1. The number of carbonyl (C=O) groups excluding carboxylic acids is 2. The summed E-state index contributed by atoms with van der Waals surface area (Å²) in [7, 11) is 0. The van der Waals surface area contributed by atoms with Crippen LogP contribution in [-0.4, -0.2) is 47.9 Å². The SMILES string of the molecule is Cc1cc(C(=O)N2CCN(C(=O)Nc3ccc4c(c3)CCC4)CC2)c(C)o1. The van der Waals surface area contributed by atoms with Crippen LogP contribution in [0.3, 0.4) is 0 Å². The highest BCUT2D eigenvalue weighted by Gasteiger charge is 2.27. The maximum atomic E-state index is 12.7. The fourth-order valence-corrected chi connectivity index (χ4v) is 3.98. The van der Waals surface area contributed by atoms with Gasteiger partial charge in [-0.05, 0) is 62.4 Å². The van der Waals surface area contributed by atoms with Crippen LogP contribution in [0.15, 0.2) is 28.7 Å². The summed E-state index contributed by atoms with van der Waals surface area (Å²) < 4.78 is 5.46. The van der Waals surface area contributed by atoms with Gasteiger partial charge in [0, 0.05) is 31.9 Å². The number of anilines is 1. The highest BCUT2D eigenvalue weighted by molar-refractivity contribution is 5.95. The van der Waals surface area contributed by atoms with Gasteiger partial charge >= 0.3 is 6.03 Å². The Bertz CT molecular complexity index is 879. The highest BCUT2D eigenvalue weighted by atomic mass is 16.3. The Morgan fingerprint density at radius 2 is 1.67 bits per heavy atom. The third kappa shape index (κ3) is 3.56. The summed E-state index contributed by atoms with van der Waals surface area (Å²) in [6.45, 7) is 5.75. The third-order valence-electron chi connectivity index (χ3n) is 5.48. The lowest BCUT2D eigenvalue weighted by molar-refractivity contribution is 0.0670. The Kier molecular flexibility index (Phi) is 4.64. The number of nitrogens with zero attached hydrogens (tertiary/aromatic N) is 2. The summed E-state index contributed by atoms with van der Waals surface area (Å²) in [5.74, 6) is 1.36. The third-order valence-corrected chi connectivity index (χ3v) is 5.48. The first-order valence-corrected chi connectivity index (χ1v) is 9.55. The molecule has 0 atom stereocenters. The zero-order valence-corrected chi connectivity index (χ0v) is 15.9. The van der Waals surface area contributed by atoms with Gasteiger partial charge in [0.05, 0.1) is 5.56 Å². The summed E-state index contributed by atoms with van der Waals surface area (Å²) in [6.07, 6.45) is 3.42. The maximum Gasteiger partial charge on any atom is 0.321 e. The van der Waals surface area contributed by atoms with Crippen molar-refractivity contribution in [1.82, 2.24) is 9.80 Å². The number of aryl methyl sites for hydroxylation is 4. The van der Waals surface area contributed by atoms with Gasteiger partial charge in [0.15, 0.2) is 0 Å². The van der Waals surface area contributed by atoms with Crippen molar-refractivity contribution in [3.05, 3.63) is 52.5 Å². The minimum Gasteiger partial charge on any atom is -0.466 e. The van der Waals surface area contributed by atoms with Gasteiger partial charge in [0.1, 0.15) is 11.5 Å². The summed E-state index contributed by atoms with van der Waals surface area (Å²) in [4.78, 5) is 28.8. The Labute approximate surface area is 159 Å². The first-order valence-electron chi connectivity index (χ1n) is 9.55. The molecule has 2 heterocycles. The molecule has 0 saturated carbocycles. The van der Waals surface area contributed by atoms with E-state index in [1.54, 1.807) is 22.8 Å². The van der Waals surface area contributed by atoms with Crippen LogP contribution in [0.4, 0.5) is 10.5 Å². The number of piperazine rings is 1. The van der Waals surface area contributed by atoms with E-state index >= 15 is 0 Å². The molecule has 0 unspecified atom stereocenters. The fraction of sp³-hybridized carbons (Fsp3) is 0.429. The van der Waals surface area contributed by atoms with Crippen molar-refractivity contribution in [1.29, 1.82) is 0 Å². The fourth-order valence-electron chi connectivity index (χ4n) is 3.98. The van der Waals surface area contributed by atoms with Crippen LogP contribution in [0, 0.1) is 13.8 Å². The molecule has 1 aromatic carbocycles. The molecule has 3 amide bonds. The Hall–Kier alpha value is -2.76. The van der Waals surface area contributed by atoms with E-state index in [0.717, 1.165) is 24.3 Å². The van der Waals surface area contributed by atoms with Gasteiger partial charge < -0.3 is 19.5 Å². The van der Waals surface area contributed by atoms with Crippen molar-refractivity contribution < 1.29 is 14.0 Å². The Morgan fingerprint density at radius 1 is 0.963 bits per heavy atom. The number of carbonyl (C=O) groups is 2. The molecule has 2 aliphatic rings. The molecule has 27 heavy (non-hydrogen) atoms. The molecule has 4 rings (SSSR count). The number of urea groups is 1. The van der Waals surface area contributed by atoms with Crippen LogP contribution in [0.5, 0.6) is 0 Å². The smallest absolute Gasteiger partial charge is 0.321 e. The second-order valence-electron chi connectivity index (χ2n) is 7.37. The molecule has 1 aliphatic heterocycles. The molecule has 1 fully saturated rings. The molecule has 1 N–H and O–H groups in total. The van der Waals surface area contributed by atoms with Crippen LogP contribution in [-0.2, 0) is 12.8 Å². The average Bonchev–Trinajstić information content (AvgIpc) is 3.26. The largest absolute Gasteiger partial charge is 0.466 e. The molecule has 1 aromatic heterocycles. The predicted octanol–water partition coefficient (Wildman–Crippen LogP) is 3.38. The molecule has 2 aromatic rings. The average molecular weight is 367 g/mol. The number of hydrogen-bond acceptors (Lipinski definition) is 3. The molecule has 0 radical (unpaired) electrons. The van der Waals surface area contributed by atoms with E-state index in [1.807, 2.05) is 13.0 Å². The topological polar surface area (TPSA) is 65.8 Å². The number of nitrogens with one attached hydrogen (secondary N) is 1. The van der Waals surface area contributed by atoms with Crippen molar-refractivity contribution in [2.24, 2.45) is 0 Å². The molecule has 6 heteroatoms. The van der Waals surface area contributed by atoms with E-state index < -0.39 is 0 Å². The van der Waals surface area contributed by atoms with E-state index in [2.05, 4.69) is 17.4 Å². The monoisotopic (exact) mass is 367 g/mol. The van der Waals surface area contributed by atoms with E-state index in [4.69, 9.17) is 4.42 Å². The number of amides is 3. The standard InChI is InChI=1S/C21H25N3O3/c1-14-12-19(15(2)27-14)20(25)23-8-10-24(11-9-23)21(26)22-18-7-6-16-4-3-5-17(16)13-18/h6-7,12-13H,3-5,8-11H2,1-2H3,(H,22,26). The number of fused-ring (bicyclic) bond motifs is 1. The number of furan rings is 1. The second kappa shape index (κ2) is 7.10. The van der Waals surface area contributed by atoms with Gasteiger partial charge in [0.2, 0.25) is 0 Å². The van der Waals surface area contributed by atoms with E-state index in [0.29, 0.717) is 37.5 Å². The van der Waals surface area contributed by atoms with E-state index in [9.17, 15) is 9.59 Å². The lowest BCUT2D eigenvalue weighted by Crippen LogP contribution is -2.51. The molecular weight excluding hydrogens is 342 g/mol. The molecular formula is C21H25N3O3. The Balaban J connectivity index is 1.34. The quantitative estimate of drug-likeness (QED) is 0.885. The number of hydrogen-bond donors (Lipinski definition) is 1. The van der Waals surface area contributed by atoms with Crippen LogP contribution in [0.25, 0.3) is 0 Å². The summed E-state index contributed by atoms with van der Waals surface area (Å²) >= 11 is 0. The first-order chi connectivity index (χ1) is 13.0. The zero-order chi connectivity index (χ0) is 19.0. The van der Waals surface area contributed by atoms with Crippen molar-refractivity contribution in [2.75, 3.05) is 31.5 Å². The minimum atomic E-state index is -0.101. The van der Waals surface area contributed by atoms with Crippen molar-refractivity contribution in [3.63, 3.8) is 0 Å². The molecule has 0 bridgehead atoms. The normalized spacial score (nSPS) is 16.4. The van der Waals surface area contributed by atoms with Crippen molar-refractivity contribution >= 4 is 17.6 Å². The lowest BCUT2D eigenvalue weighted by Gasteiger charge is -2.34. The van der Waals surface area contributed by atoms with Gasteiger partial charge in [0.25, 0.3) is 5.91 Å². The first kappa shape index (κ1) is 17.6. The molecule has 1 aliphatic carbocycles. The van der Waals surface area contributed by atoms with E-state index in [1.165, 1.54) is 17.5 Å². The lowest BCUT2D eigenvalue weighted by atomic mass is 10.1. The van der Waals surface area contributed by atoms with Crippen molar-refractivity contribution in [2.45, 2.75) is 33.1 Å². The molecule has 1 saturated heterocycles. The Morgan fingerprint density at radius 3 is 2.37 bits per heavy atom. The van der Waals surface area contributed by atoms with Gasteiger partial charge in [-0.3, -0.25) is 4.79 Å².